The zero-order chi connectivity index (χ0) is 15.0. The molecule has 0 atom stereocenters. The normalized spacial score (nSPS) is 10.4. The minimum absolute atomic E-state index is 0.0113. The van der Waals surface area contributed by atoms with Gasteiger partial charge in [-0.1, -0.05) is 12.1 Å². The summed E-state index contributed by atoms with van der Waals surface area (Å²) in [4.78, 5) is 13.4. The maximum Gasteiger partial charge on any atom is 0.239 e. The van der Waals surface area contributed by atoms with E-state index in [4.69, 9.17) is 4.74 Å². The second-order valence-corrected chi connectivity index (χ2v) is 4.82. The number of amides is 1. The molecule has 112 valence electrons. The van der Waals surface area contributed by atoms with Crippen molar-refractivity contribution < 1.29 is 9.53 Å². The summed E-state index contributed by atoms with van der Waals surface area (Å²) in [5.74, 6) is 0.0113. The number of methoxy groups -OCH3 is 1. The Morgan fingerprint density at radius 1 is 1.40 bits per heavy atom. The molecule has 0 radical (unpaired) electrons. The van der Waals surface area contributed by atoms with E-state index in [1.54, 1.807) is 14.2 Å². The molecule has 0 saturated carbocycles. The van der Waals surface area contributed by atoms with Crippen LogP contribution in [0.5, 0.6) is 0 Å². The van der Waals surface area contributed by atoms with E-state index >= 15 is 0 Å². The first kappa shape index (κ1) is 16.5. The molecule has 0 unspecified atom stereocenters. The van der Waals surface area contributed by atoms with Crippen LogP contribution in [0.3, 0.4) is 0 Å². The molecule has 0 fully saturated rings. The molecule has 0 heterocycles. The Balaban J connectivity index is 2.60. The van der Waals surface area contributed by atoms with E-state index in [0.717, 1.165) is 18.8 Å². The molecular weight excluding hydrogens is 254 g/mol. The van der Waals surface area contributed by atoms with Crippen LogP contribution in [0, 0.1) is 6.92 Å². The lowest BCUT2D eigenvalue weighted by molar-refractivity contribution is -0.119. The molecule has 2 N–H and O–H groups in total. The summed E-state index contributed by atoms with van der Waals surface area (Å²) in [6.45, 7) is 4.81. The molecule has 0 aromatic heterocycles. The first-order valence-corrected chi connectivity index (χ1v) is 6.79. The molecular formula is C15H25N3O2. The molecule has 0 aliphatic rings. The number of hydrogen-bond donors (Lipinski definition) is 2. The lowest BCUT2D eigenvalue weighted by Crippen LogP contribution is -2.33. The van der Waals surface area contributed by atoms with Crippen LogP contribution in [-0.4, -0.2) is 46.8 Å². The predicted octanol–water partition coefficient (Wildman–Crippen LogP) is 0.913. The van der Waals surface area contributed by atoms with Gasteiger partial charge in [-0.05, 0) is 24.1 Å². The highest BCUT2D eigenvalue weighted by Gasteiger charge is 2.08. The molecule has 1 amide bonds. The molecule has 0 saturated heterocycles. The number of rotatable bonds is 8. The second-order valence-electron chi connectivity index (χ2n) is 4.82. The van der Waals surface area contributed by atoms with E-state index in [9.17, 15) is 4.79 Å². The van der Waals surface area contributed by atoms with E-state index in [2.05, 4.69) is 35.8 Å². The molecule has 1 aromatic carbocycles. The van der Waals surface area contributed by atoms with E-state index in [1.165, 1.54) is 11.1 Å². The molecule has 0 aliphatic heterocycles. The van der Waals surface area contributed by atoms with Gasteiger partial charge in [0, 0.05) is 40.0 Å². The van der Waals surface area contributed by atoms with Crippen molar-refractivity contribution in [3.63, 3.8) is 0 Å². The van der Waals surface area contributed by atoms with Gasteiger partial charge in [-0.2, -0.15) is 0 Å². The molecule has 0 spiro atoms. The second kappa shape index (κ2) is 8.55. The number of anilines is 1. The van der Waals surface area contributed by atoms with E-state index in [-0.39, 0.29) is 5.91 Å². The lowest BCUT2D eigenvalue weighted by Gasteiger charge is -2.21. The molecule has 0 bridgehead atoms. The van der Waals surface area contributed by atoms with Gasteiger partial charge in [0.2, 0.25) is 5.91 Å². The number of carbonyl (C=O) groups excluding carboxylic acids is 1. The number of ether oxygens (including phenoxy) is 1. The van der Waals surface area contributed by atoms with Gasteiger partial charge in [-0.15, -0.1) is 0 Å². The fraction of sp³-hybridized carbons (Fsp3) is 0.533. The van der Waals surface area contributed by atoms with Crippen molar-refractivity contribution in [3.05, 3.63) is 29.3 Å². The Bertz CT molecular complexity index is 435. The van der Waals surface area contributed by atoms with Gasteiger partial charge in [0.05, 0.1) is 13.2 Å². The lowest BCUT2D eigenvalue weighted by atomic mass is 10.1. The van der Waals surface area contributed by atoms with E-state index in [0.29, 0.717) is 13.2 Å². The highest BCUT2D eigenvalue weighted by atomic mass is 16.5. The minimum Gasteiger partial charge on any atom is -0.383 e. The van der Waals surface area contributed by atoms with Crippen molar-refractivity contribution >= 4 is 11.6 Å². The molecule has 0 aliphatic carbocycles. The Labute approximate surface area is 121 Å². The summed E-state index contributed by atoms with van der Waals surface area (Å²) in [5, 5.41) is 5.95. The van der Waals surface area contributed by atoms with Crippen molar-refractivity contribution in [1.82, 2.24) is 10.6 Å². The minimum atomic E-state index is 0.0113. The van der Waals surface area contributed by atoms with Crippen molar-refractivity contribution in [2.75, 3.05) is 45.8 Å². The molecule has 1 aromatic rings. The van der Waals surface area contributed by atoms with Crippen LogP contribution < -0.4 is 15.5 Å². The first-order chi connectivity index (χ1) is 9.58. The number of nitrogens with one attached hydrogen (secondary N) is 2. The van der Waals surface area contributed by atoms with Gasteiger partial charge in [0.25, 0.3) is 0 Å². The topological polar surface area (TPSA) is 53.6 Å². The first-order valence-electron chi connectivity index (χ1n) is 6.79. The van der Waals surface area contributed by atoms with Crippen molar-refractivity contribution in [2.24, 2.45) is 0 Å². The Hall–Kier alpha value is -1.59. The number of hydrogen-bond acceptors (Lipinski definition) is 4. The highest BCUT2D eigenvalue weighted by Crippen LogP contribution is 2.20. The largest absolute Gasteiger partial charge is 0.383 e. The van der Waals surface area contributed by atoms with Crippen LogP contribution in [-0.2, 0) is 16.1 Å². The number of benzene rings is 1. The van der Waals surface area contributed by atoms with Crippen LogP contribution in [0.2, 0.25) is 0 Å². The molecule has 5 heteroatoms. The molecule has 5 nitrogen and oxygen atoms in total. The van der Waals surface area contributed by atoms with Gasteiger partial charge in [0.15, 0.2) is 0 Å². The maximum absolute atomic E-state index is 11.4. The monoisotopic (exact) mass is 279 g/mol. The van der Waals surface area contributed by atoms with E-state index < -0.39 is 0 Å². The Morgan fingerprint density at radius 3 is 2.75 bits per heavy atom. The third-order valence-electron chi connectivity index (χ3n) is 3.14. The van der Waals surface area contributed by atoms with Gasteiger partial charge in [-0.25, -0.2) is 0 Å². The zero-order valence-electron chi connectivity index (χ0n) is 12.8. The number of nitrogens with zero attached hydrogens (tertiary/aromatic N) is 1. The zero-order valence-corrected chi connectivity index (χ0v) is 12.8. The van der Waals surface area contributed by atoms with Crippen LogP contribution in [0.1, 0.15) is 11.1 Å². The quantitative estimate of drug-likeness (QED) is 0.695. The standard InChI is InChI=1S/C15H25N3O2/c1-12-9-13(10-17-7-8-20-4)5-6-14(12)18(3)11-15(19)16-2/h5-6,9,17H,7-8,10-11H2,1-4H3,(H,16,19). The van der Waals surface area contributed by atoms with E-state index in [1.807, 2.05) is 11.9 Å². The number of aryl methyl sites for hydroxylation is 1. The molecule has 1 rings (SSSR count). The summed E-state index contributed by atoms with van der Waals surface area (Å²) in [6, 6.07) is 6.30. The summed E-state index contributed by atoms with van der Waals surface area (Å²) in [7, 11) is 5.27. The van der Waals surface area contributed by atoms with Crippen molar-refractivity contribution in [1.29, 1.82) is 0 Å². The van der Waals surface area contributed by atoms with Crippen molar-refractivity contribution in [3.8, 4) is 0 Å². The van der Waals surface area contributed by atoms with Crippen LogP contribution in [0.15, 0.2) is 18.2 Å². The summed E-state index contributed by atoms with van der Waals surface area (Å²) >= 11 is 0. The third kappa shape index (κ3) is 5.19. The van der Waals surface area contributed by atoms with Crippen molar-refractivity contribution in [2.45, 2.75) is 13.5 Å². The average Bonchev–Trinajstić information content (AvgIpc) is 2.43. The van der Waals surface area contributed by atoms with Gasteiger partial charge in [-0.3, -0.25) is 4.79 Å². The van der Waals surface area contributed by atoms with Gasteiger partial charge < -0.3 is 20.3 Å². The number of likely N-dealkylation sites (N-methyl/N-ethyl adjacent to an activating group) is 2. The van der Waals surface area contributed by atoms with Crippen LogP contribution in [0.25, 0.3) is 0 Å². The molecule has 20 heavy (non-hydrogen) atoms. The predicted molar refractivity (Wildman–Crippen MR) is 82.1 cm³/mol. The van der Waals surface area contributed by atoms with Crippen LogP contribution in [0.4, 0.5) is 5.69 Å². The maximum atomic E-state index is 11.4. The average molecular weight is 279 g/mol. The third-order valence-corrected chi connectivity index (χ3v) is 3.14. The number of carbonyl (C=O) groups is 1. The summed E-state index contributed by atoms with van der Waals surface area (Å²) < 4.78 is 4.99. The van der Waals surface area contributed by atoms with Gasteiger partial charge in [0.1, 0.15) is 0 Å². The fourth-order valence-corrected chi connectivity index (χ4v) is 2.04. The van der Waals surface area contributed by atoms with Gasteiger partial charge >= 0.3 is 0 Å². The SMILES string of the molecule is CNC(=O)CN(C)c1ccc(CNCCOC)cc1C. The fourth-order valence-electron chi connectivity index (χ4n) is 2.04. The highest BCUT2D eigenvalue weighted by molar-refractivity contribution is 5.81. The smallest absolute Gasteiger partial charge is 0.239 e. The Morgan fingerprint density at radius 2 is 2.15 bits per heavy atom. The van der Waals surface area contributed by atoms with Crippen LogP contribution >= 0.6 is 0 Å². The summed E-state index contributed by atoms with van der Waals surface area (Å²) in [6.07, 6.45) is 0. The Kier molecular flexibility index (Phi) is 7.04. The summed E-state index contributed by atoms with van der Waals surface area (Å²) in [5.41, 5.74) is 3.48.